The maximum absolute atomic E-state index is 11.9. The van der Waals surface area contributed by atoms with Crippen molar-refractivity contribution < 1.29 is 9.53 Å². The predicted molar refractivity (Wildman–Crippen MR) is 73.5 cm³/mol. The number of anilines is 1. The van der Waals surface area contributed by atoms with E-state index in [1.54, 1.807) is 13.1 Å². The summed E-state index contributed by atoms with van der Waals surface area (Å²) < 4.78 is 5.05. The quantitative estimate of drug-likeness (QED) is 0.781. The van der Waals surface area contributed by atoms with Gasteiger partial charge in [0.1, 0.15) is 0 Å². The van der Waals surface area contributed by atoms with E-state index in [9.17, 15) is 4.79 Å². The minimum Gasteiger partial charge on any atom is -0.462 e. The molecule has 1 aromatic heterocycles. The van der Waals surface area contributed by atoms with Crippen LogP contribution < -0.4 is 4.90 Å². The van der Waals surface area contributed by atoms with E-state index in [2.05, 4.69) is 14.9 Å². The third kappa shape index (κ3) is 3.03. The fourth-order valence-corrected chi connectivity index (χ4v) is 2.26. The number of esters is 1. The second-order valence-electron chi connectivity index (χ2n) is 5.04. The molecule has 5 nitrogen and oxygen atoms in total. The Morgan fingerprint density at radius 3 is 2.68 bits per heavy atom. The molecule has 5 heteroatoms. The highest BCUT2D eigenvalue weighted by molar-refractivity contribution is 5.90. The summed E-state index contributed by atoms with van der Waals surface area (Å²) in [4.78, 5) is 22.9. The Hall–Kier alpha value is -1.65. The van der Waals surface area contributed by atoms with Crippen LogP contribution in [0.15, 0.2) is 6.20 Å². The van der Waals surface area contributed by atoms with E-state index in [4.69, 9.17) is 4.74 Å². The Labute approximate surface area is 114 Å². The highest BCUT2D eigenvalue weighted by Gasteiger charge is 2.21. The molecule has 1 aliphatic rings. The molecular weight excluding hydrogens is 242 g/mol. The van der Waals surface area contributed by atoms with Crippen molar-refractivity contribution in [2.45, 2.75) is 39.5 Å². The van der Waals surface area contributed by atoms with Gasteiger partial charge < -0.3 is 9.64 Å². The molecule has 0 spiro atoms. The summed E-state index contributed by atoms with van der Waals surface area (Å²) in [5, 5.41) is 0. The first-order chi connectivity index (χ1) is 9.13. The van der Waals surface area contributed by atoms with Crippen molar-refractivity contribution in [1.29, 1.82) is 0 Å². The lowest BCUT2D eigenvalue weighted by Gasteiger charge is -2.18. The van der Waals surface area contributed by atoms with Crippen LogP contribution in [-0.2, 0) is 4.74 Å². The summed E-state index contributed by atoms with van der Waals surface area (Å²) >= 11 is 0. The monoisotopic (exact) mass is 263 g/mol. The SMILES string of the molecule is CCOC(=O)c1cnc(N2CCCC2)nc1C(C)C. The lowest BCUT2D eigenvalue weighted by molar-refractivity contribution is 0.0523. The van der Waals surface area contributed by atoms with Gasteiger partial charge in [0.15, 0.2) is 0 Å². The van der Waals surface area contributed by atoms with Gasteiger partial charge in [-0.15, -0.1) is 0 Å². The van der Waals surface area contributed by atoms with Crippen molar-refractivity contribution in [3.63, 3.8) is 0 Å². The standard InChI is InChI=1S/C14H21N3O2/c1-4-19-13(18)11-9-15-14(16-12(11)10(2)3)17-7-5-6-8-17/h9-10H,4-8H2,1-3H3. The van der Waals surface area contributed by atoms with Crippen molar-refractivity contribution in [2.24, 2.45) is 0 Å². The Morgan fingerprint density at radius 1 is 1.42 bits per heavy atom. The molecule has 0 aliphatic carbocycles. The molecule has 2 heterocycles. The summed E-state index contributed by atoms with van der Waals surface area (Å²) in [5.41, 5.74) is 1.26. The topological polar surface area (TPSA) is 55.3 Å². The molecule has 0 N–H and O–H groups in total. The second kappa shape index (κ2) is 5.99. The third-order valence-corrected chi connectivity index (χ3v) is 3.24. The van der Waals surface area contributed by atoms with Gasteiger partial charge in [0.2, 0.25) is 5.95 Å². The van der Waals surface area contributed by atoms with Crippen molar-refractivity contribution in [3.05, 3.63) is 17.5 Å². The predicted octanol–water partition coefficient (Wildman–Crippen LogP) is 2.38. The van der Waals surface area contributed by atoms with E-state index >= 15 is 0 Å². The Balaban J connectivity index is 2.31. The van der Waals surface area contributed by atoms with Crippen LogP contribution in [-0.4, -0.2) is 35.6 Å². The van der Waals surface area contributed by atoms with Gasteiger partial charge in [-0.25, -0.2) is 14.8 Å². The smallest absolute Gasteiger partial charge is 0.341 e. The van der Waals surface area contributed by atoms with E-state index in [0.29, 0.717) is 12.2 Å². The molecule has 0 atom stereocenters. The normalized spacial score (nSPS) is 15.1. The third-order valence-electron chi connectivity index (χ3n) is 3.24. The fourth-order valence-electron chi connectivity index (χ4n) is 2.26. The lowest BCUT2D eigenvalue weighted by Crippen LogP contribution is -2.22. The first kappa shape index (κ1) is 13.8. The first-order valence-electron chi connectivity index (χ1n) is 6.92. The molecule has 0 radical (unpaired) electrons. The number of nitrogens with zero attached hydrogens (tertiary/aromatic N) is 3. The molecule has 1 fully saturated rings. The summed E-state index contributed by atoms with van der Waals surface area (Å²) in [5.74, 6) is 0.567. The maximum Gasteiger partial charge on any atom is 0.341 e. The van der Waals surface area contributed by atoms with Crippen LogP contribution >= 0.6 is 0 Å². The molecule has 0 saturated carbocycles. The summed E-state index contributed by atoms with van der Waals surface area (Å²) in [6, 6.07) is 0. The highest BCUT2D eigenvalue weighted by atomic mass is 16.5. The number of ether oxygens (including phenoxy) is 1. The van der Waals surface area contributed by atoms with Gasteiger partial charge >= 0.3 is 5.97 Å². The van der Waals surface area contributed by atoms with Gasteiger partial charge in [0, 0.05) is 19.3 Å². The van der Waals surface area contributed by atoms with Gasteiger partial charge in [-0.3, -0.25) is 0 Å². The van der Waals surface area contributed by atoms with Crippen LogP contribution in [0.1, 0.15) is 55.6 Å². The van der Waals surface area contributed by atoms with Crippen molar-refractivity contribution in [3.8, 4) is 0 Å². The van der Waals surface area contributed by atoms with Gasteiger partial charge in [0.25, 0.3) is 0 Å². The van der Waals surface area contributed by atoms with Gasteiger partial charge in [0.05, 0.1) is 17.9 Å². The minimum absolute atomic E-state index is 0.170. The average molecular weight is 263 g/mol. The van der Waals surface area contributed by atoms with Gasteiger partial charge in [-0.05, 0) is 25.7 Å². The maximum atomic E-state index is 11.9. The number of carbonyl (C=O) groups is 1. The van der Waals surface area contributed by atoms with Crippen LogP contribution in [0, 0.1) is 0 Å². The molecule has 1 saturated heterocycles. The minimum atomic E-state index is -0.334. The molecule has 104 valence electrons. The van der Waals surface area contributed by atoms with Crippen LogP contribution in [0.4, 0.5) is 5.95 Å². The Bertz CT molecular complexity index is 454. The molecule has 0 aromatic carbocycles. The van der Waals surface area contributed by atoms with Crippen LogP contribution in [0.5, 0.6) is 0 Å². The molecular formula is C14H21N3O2. The first-order valence-corrected chi connectivity index (χ1v) is 6.92. The largest absolute Gasteiger partial charge is 0.462 e. The van der Waals surface area contributed by atoms with Gasteiger partial charge in [-0.2, -0.15) is 0 Å². The summed E-state index contributed by atoms with van der Waals surface area (Å²) in [7, 11) is 0. The fraction of sp³-hybridized carbons (Fsp3) is 0.643. The summed E-state index contributed by atoms with van der Waals surface area (Å²) in [6.07, 6.45) is 3.97. The van der Waals surface area contributed by atoms with Gasteiger partial charge in [-0.1, -0.05) is 13.8 Å². The molecule has 19 heavy (non-hydrogen) atoms. The van der Waals surface area contributed by atoms with E-state index in [1.807, 2.05) is 13.8 Å². The van der Waals surface area contributed by atoms with Crippen LogP contribution in [0.25, 0.3) is 0 Å². The Kier molecular flexibility index (Phi) is 4.35. The highest BCUT2D eigenvalue weighted by Crippen LogP contribution is 2.22. The molecule has 2 rings (SSSR count). The molecule has 0 amide bonds. The van der Waals surface area contributed by atoms with Crippen LogP contribution in [0.2, 0.25) is 0 Å². The average Bonchev–Trinajstić information content (AvgIpc) is 2.92. The molecule has 0 unspecified atom stereocenters. The van der Waals surface area contributed by atoms with Crippen molar-refractivity contribution in [1.82, 2.24) is 9.97 Å². The summed E-state index contributed by atoms with van der Waals surface area (Å²) in [6.45, 7) is 8.21. The lowest BCUT2D eigenvalue weighted by atomic mass is 10.1. The zero-order valence-electron chi connectivity index (χ0n) is 11.8. The molecule has 1 aromatic rings. The Morgan fingerprint density at radius 2 is 2.11 bits per heavy atom. The zero-order chi connectivity index (χ0) is 13.8. The van der Waals surface area contributed by atoms with E-state index in [0.717, 1.165) is 24.7 Å². The number of hydrogen-bond donors (Lipinski definition) is 0. The number of aromatic nitrogens is 2. The van der Waals surface area contributed by atoms with E-state index in [1.165, 1.54) is 12.8 Å². The molecule has 0 bridgehead atoms. The number of carbonyl (C=O) groups excluding carboxylic acids is 1. The molecule has 1 aliphatic heterocycles. The van der Waals surface area contributed by atoms with E-state index < -0.39 is 0 Å². The number of rotatable bonds is 4. The van der Waals surface area contributed by atoms with Crippen molar-refractivity contribution >= 4 is 11.9 Å². The van der Waals surface area contributed by atoms with E-state index in [-0.39, 0.29) is 11.9 Å². The zero-order valence-corrected chi connectivity index (χ0v) is 11.8. The van der Waals surface area contributed by atoms with Crippen LogP contribution in [0.3, 0.4) is 0 Å². The second-order valence-corrected chi connectivity index (χ2v) is 5.04. The van der Waals surface area contributed by atoms with Crippen molar-refractivity contribution in [2.75, 3.05) is 24.6 Å². The number of hydrogen-bond acceptors (Lipinski definition) is 5.